The van der Waals surface area contributed by atoms with E-state index in [1.807, 2.05) is 70.2 Å². The van der Waals surface area contributed by atoms with E-state index in [1.54, 1.807) is 40.2 Å². The van der Waals surface area contributed by atoms with Crippen LogP contribution in [0.15, 0.2) is 107 Å². The Hall–Kier alpha value is -4.14. The number of allylic oxidation sites excluding steroid dienone is 11. The molecule has 0 bridgehead atoms. The molecule has 54 heavy (non-hydrogen) atoms. The molecule has 0 saturated carbocycles. The van der Waals surface area contributed by atoms with E-state index in [9.17, 15) is 27.4 Å². The summed E-state index contributed by atoms with van der Waals surface area (Å²) >= 11 is 0. The quantitative estimate of drug-likeness (QED) is 0.0784. The van der Waals surface area contributed by atoms with Gasteiger partial charge in [0.2, 0.25) is 22.7 Å². The Kier molecular flexibility index (Phi) is 22.9. The Morgan fingerprint density at radius 2 is 1.69 bits per heavy atom. The van der Waals surface area contributed by atoms with Crippen LogP contribution in [0.3, 0.4) is 0 Å². The van der Waals surface area contributed by atoms with Crippen molar-refractivity contribution < 1.29 is 45.7 Å². The Morgan fingerprint density at radius 3 is 2.33 bits per heavy atom. The lowest BCUT2D eigenvalue weighted by molar-refractivity contribution is -0.144. The average molecular weight is 772 g/mol. The number of cyclic esters (lactones) is 1. The van der Waals surface area contributed by atoms with Gasteiger partial charge in [-0.15, -0.1) is 0 Å². The third-order valence-electron chi connectivity index (χ3n) is 8.37. The number of carbonyl (C=O) groups is 3. The van der Waals surface area contributed by atoms with E-state index < -0.39 is 41.0 Å². The number of methoxy groups -OCH3 is 2. The lowest BCUT2D eigenvalue weighted by Gasteiger charge is -2.23. The van der Waals surface area contributed by atoms with E-state index in [2.05, 4.69) is 46.0 Å². The molecule has 1 rings (SSSR count). The van der Waals surface area contributed by atoms with Crippen molar-refractivity contribution in [3.05, 3.63) is 107 Å². The van der Waals surface area contributed by atoms with Crippen LogP contribution in [-0.2, 0) is 43.2 Å². The van der Waals surface area contributed by atoms with Gasteiger partial charge in [-0.2, -0.15) is 0 Å². The van der Waals surface area contributed by atoms with Crippen molar-refractivity contribution >= 4 is 28.7 Å². The minimum Gasteiger partial charge on any atom is -0.726 e. The van der Waals surface area contributed by atoms with Gasteiger partial charge in [0, 0.05) is 32.3 Å². The van der Waals surface area contributed by atoms with Gasteiger partial charge in [0.25, 0.3) is 0 Å². The molecule has 1 heterocycles. The van der Waals surface area contributed by atoms with Crippen LogP contribution in [-0.4, -0.2) is 83.0 Å². The first-order chi connectivity index (χ1) is 25.5. The summed E-state index contributed by atoms with van der Waals surface area (Å²) in [7, 11) is -1.68. The SMILES string of the molecule is COC1/C=C(C)/C=C/C(C)/C=C(\C)C(=O)OC(/C(C)=C/C=C(\C)CNC(=O)C(COS(=O)(=O)[O-])NC=O)C(C)/C=C/C=C/C(OC)CC/C=C(C)\C=C\C1. The second kappa shape index (κ2) is 25.8. The van der Waals surface area contributed by atoms with Gasteiger partial charge >= 0.3 is 5.97 Å². The number of ether oxygens (including phenoxy) is 3. The van der Waals surface area contributed by atoms with Gasteiger partial charge in [-0.05, 0) is 65.4 Å². The average Bonchev–Trinajstić information content (AvgIpc) is 3.11. The summed E-state index contributed by atoms with van der Waals surface area (Å²) in [6.45, 7) is 12.6. The van der Waals surface area contributed by atoms with Crippen molar-refractivity contribution in [3.8, 4) is 0 Å². The summed E-state index contributed by atoms with van der Waals surface area (Å²) in [6, 6.07) is -1.39. The highest BCUT2D eigenvalue weighted by Gasteiger charge is 2.23. The molecular formula is C41H59N2O10S-. The predicted octanol–water partition coefficient (Wildman–Crippen LogP) is 6.05. The fraction of sp³-hybridized carbons (Fsp3) is 0.488. The summed E-state index contributed by atoms with van der Waals surface area (Å²) < 4.78 is 54.0. The molecule has 0 saturated heterocycles. The molecule has 2 N–H and O–H groups in total. The molecule has 2 amide bonds. The molecule has 0 aromatic carbocycles. The molecule has 1 aliphatic heterocycles. The molecule has 0 aromatic heterocycles. The van der Waals surface area contributed by atoms with Gasteiger partial charge in [0.15, 0.2) is 0 Å². The number of esters is 1. The number of hydrogen-bond donors (Lipinski definition) is 2. The van der Waals surface area contributed by atoms with Gasteiger partial charge in [0.05, 0.1) is 18.8 Å². The van der Waals surface area contributed by atoms with Crippen LogP contribution in [0, 0.1) is 11.8 Å². The Bertz CT molecular complexity index is 1610. The minimum absolute atomic E-state index is 0.0370. The summed E-state index contributed by atoms with van der Waals surface area (Å²) in [5, 5.41) is 4.69. The summed E-state index contributed by atoms with van der Waals surface area (Å²) in [5.74, 6) is -1.48. The predicted molar refractivity (Wildman–Crippen MR) is 211 cm³/mol. The van der Waals surface area contributed by atoms with E-state index >= 15 is 0 Å². The lowest BCUT2D eigenvalue weighted by Crippen LogP contribution is -2.47. The molecule has 0 fully saturated rings. The largest absolute Gasteiger partial charge is 0.726 e. The van der Waals surface area contributed by atoms with Gasteiger partial charge in [0.1, 0.15) is 12.1 Å². The maximum Gasteiger partial charge on any atom is 0.334 e. The van der Waals surface area contributed by atoms with Crippen LogP contribution in [0.1, 0.15) is 67.7 Å². The maximum atomic E-state index is 13.4. The van der Waals surface area contributed by atoms with Crippen molar-refractivity contribution in [3.63, 3.8) is 0 Å². The van der Waals surface area contributed by atoms with E-state index in [-0.39, 0.29) is 37.0 Å². The van der Waals surface area contributed by atoms with E-state index in [1.165, 1.54) is 5.57 Å². The normalized spacial score (nSPS) is 29.3. The van der Waals surface area contributed by atoms with Crippen molar-refractivity contribution in [2.45, 2.75) is 92.1 Å². The Morgan fingerprint density at radius 1 is 1.00 bits per heavy atom. The fourth-order valence-corrected chi connectivity index (χ4v) is 5.49. The molecule has 6 atom stereocenters. The first kappa shape index (κ1) is 47.9. The zero-order valence-corrected chi connectivity index (χ0v) is 33.9. The molecule has 6 unspecified atom stereocenters. The van der Waals surface area contributed by atoms with E-state index in [0.29, 0.717) is 11.1 Å². The lowest BCUT2D eigenvalue weighted by atomic mass is 9.96. The molecular weight excluding hydrogens is 713 g/mol. The van der Waals surface area contributed by atoms with Crippen LogP contribution in [0.4, 0.5) is 0 Å². The Labute approximate surface area is 322 Å². The molecule has 1 aliphatic rings. The number of amides is 2. The van der Waals surface area contributed by atoms with Crippen molar-refractivity contribution in [2.24, 2.45) is 11.8 Å². The summed E-state index contributed by atoms with van der Waals surface area (Å²) in [5.41, 5.74) is 4.11. The topological polar surface area (TPSA) is 169 Å². The number of nitrogens with one attached hydrogen (secondary N) is 2. The van der Waals surface area contributed by atoms with Crippen molar-refractivity contribution in [1.29, 1.82) is 0 Å². The monoisotopic (exact) mass is 771 g/mol. The highest BCUT2D eigenvalue weighted by Crippen LogP contribution is 2.21. The third-order valence-corrected chi connectivity index (χ3v) is 8.79. The van der Waals surface area contributed by atoms with Crippen molar-refractivity contribution in [1.82, 2.24) is 10.6 Å². The molecule has 0 aromatic rings. The fourth-order valence-electron chi connectivity index (χ4n) is 5.19. The number of hydrogen-bond acceptors (Lipinski definition) is 10. The van der Waals surface area contributed by atoms with Crippen LogP contribution in [0.2, 0.25) is 0 Å². The van der Waals surface area contributed by atoms with Gasteiger partial charge in [-0.3, -0.25) is 13.8 Å². The van der Waals surface area contributed by atoms with Crippen molar-refractivity contribution in [2.75, 3.05) is 27.4 Å². The molecule has 0 aliphatic carbocycles. The van der Waals surface area contributed by atoms with Gasteiger partial charge in [-0.25, -0.2) is 13.2 Å². The number of carbonyl (C=O) groups excluding carboxylic acids is 3. The molecule has 12 nitrogen and oxygen atoms in total. The zero-order valence-electron chi connectivity index (χ0n) is 33.1. The third kappa shape index (κ3) is 20.9. The maximum absolute atomic E-state index is 13.4. The summed E-state index contributed by atoms with van der Waals surface area (Å²) in [4.78, 5) is 36.8. The summed E-state index contributed by atoms with van der Waals surface area (Å²) in [6.07, 6.45) is 27.5. The minimum atomic E-state index is -5.06. The van der Waals surface area contributed by atoms with Crippen LogP contribution in [0.5, 0.6) is 0 Å². The standard InChI is InChI=1S/C41H60N2O10S/c1-29-14-12-18-36(50-8)17-11-10-16-33(5)39(34(6)23-22-32(4)26-42-40(45)38(43-28-44)27-52-54(47,48)49)53-41(46)35(7)24-30(2)20-21-31(3)25-37(51-9)19-13-15-29/h10-11,13-17,20-25,28,30,33,36-39H,12,18-19,26-27H2,1-9H3,(H,42,45)(H,43,44)(H,47,48,49)/p-1/b15-13+,16-10+,17-11+,21-20+,29-14-,31-25+,32-22+,34-23+,35-24+. The van der Waals surface area contributed by atoms with Crippen LogP contribution >= 0.6 is 0 Å². The van der Waals surface area contributed by atoms with Gasteiger partial charge < -0.3 is 29.4 Å². The highest BCUT2D eigenvalue weighted by atomic mass is 32.3. The number of rotatable bonds is 12. The second-order valence-electron chi connectivity index (χ2n) is 13.3. The van der Waals surface area contributed by atoms with E-state index in [0.717, 1.165) is 30.4 Å². The second-order valence-corrected chi connectivity index (χ2v) is 14.4. The van der Waals surface area contributed by atoms with Gasteiger partial charge in [-0.1, -0.05) is 110 Å². The molecule has 13 heteroatoms. The highest BCUT2D eigenvalue weighted by molar-refractivity contribution is 7.80. The van der Waals surface area contributed by atoms with Crippen LogP contribution < -0.4 is 10.6 Å². The molecule has 300 valence electrons. The first-order valence-corrected chi connectivity index (χ1v) is 19.2. The zero-order chi connectivity index (χ0) is 40.7. The van der Waals surface area contributed by atoms with E-state index in [4.69, 9.17) is 14.2 Å². The Balaban J connectivity index is 3.38. The molecule has 0 spiro atoms. The first-order valence-electron chi connectivity index (χ1n) is 17.9. The molecule has 0 radical (unpaired) electrons. The smallest absolute Gasteiger partial charge is 0.334 e. The van der Waals surface area contributed by atoms with Crippen LogP contribution in [0.25, 0.3) is 0 Å².